The molecule has 2 atom stereocenters. The lowest BCUT2D eigenvalue weighted by Gasteiger charge is -2.36. The Labute approximate surface area is 222 Å². The number of carbonyl (C=O) groups excluding carboxylic acids is 2. The van der Waals surface area contributed by atoms with Crippen molar-refractivity contribution in [3.63, 3.8) is 0 Å². The van der Waals surface area contributed by atoms with Crippen LogP contribution in [-0.4, -0.2) is 28.8 Å². The van der Waals surface area contributed by atoms with Crippen LogP contribution < -0.4 is 21.3 Å². The fraction of sp³-hybridized carbons (Fsp3) is 0.231. The summed E-state index contributed by atoms with van der Waals surface area (Å²) in [5.41, 5.74) is -0.334. The van der Waals surface area contributed by atoms with Gasteiger partial charge in [0.2, 0.25) is 5.60 Å². The maximum atomic E-state index is 14.3. The Morgan fingerprint density at radius 1 is 1.10 bits per heavy atom. The number of alkyl halides is 3. The molecule has 3 aliphatic rings. The summed E-state index contributed by atoms with van der Waals surface area (Å²) in [6, 6.07) is 6.53. The number of fused-ring (bicyclic) bond motifs is 2. The molecule has 5 N–H and O–H groups in total. The van der Waals surface area contributed by atoms with Crippen molar-refractivity contribution < 1.29 is 36.6 Å². The van der Waals surface area contributed by atoms with E-state index < -0.39 is 52.5 Å². The van der Waals surface area contributed by atoms with E-state index in [0.29, 0.717) is 6.07 Å². The molecule has 3 aromatic carbocycles. The molecule has 3 aromatic rings. The van der Waals surface area contributed by atoms with Crippen LogP contribution in [0.5, 0.6) is 0 Å². The zero-order chi connectivity index (χ0) is 28.1. The largest absolute Gasteiger partial charge is 0.423 e. The zero-order valence-electron chi connectivity index (χ0n) is 19.7. The van der Waals surface area contributed by atoms with Gasteiger partial charge in [0.1, 0.15) is 11.6 Å². The normalized spacial score (nSPS) is 22.5. The molecule has 0 aromatic heterocycles. The molecule has 39 heavy (non-hydrogen) atoms. The molecule has 1 fully saturated rings. The SMILES string of the molecule is Nc1cc(NC(=O)N2c3ccc(F)cc3C(O)(C(F)(F)F)C23CC3)c2c(c1)C(=O)NC2c1cc(F)ccc1Cl. The van der Waals surface area contributed by atoms with E-state index in [4.69, 9.17) is 17.3 Å². The minimum Gasteiger partial charge on any atom is -0.399 e. The summed E-state index contributed by atoms with van der Waals surface area (Å²) in [4.78, 5) is 27.3. The third-order valence-electron chi connectivity index (χ3n) is 7.55. The molecular weight excluding hydrogens is 547 g/mol. The summed E-state index contributed by atoms with van der Waals surface area (Å²) < 4.78 is 71.0. The molecule has 2 aliphatic heterocycles. The van der Waals surface area contributed by atoms with Crippen LogP contribution in [0.15, 0.2) is 48.5 Å². The predicted octanol–water partition coefficient (Wildman–Crippen LogP) is 5.37. The van der Waals surface area contributed by atoms with Crippen molar-refractivity contribution in [2.75, 3.05) is 16.0 Å². The average molecular weight is 565 g/mol. The van der Waals surface area contributed by atoms with Crippen molar-refractivity contribution in [3.8, 4) is 0 Å². The van der Waals surface area contributed by atoms with Crippen molar-refractivity contribution >= 4 is 40.6 Å². The highest BCUT2D eigenvalue weighted by Crippen LogP contribution is 2.67. The van der Waals surface area contributed by atoms with E-state index in [9.17, 15) is 36.6 Å². The molecule has 13 heteroatoms. The number of urea groups is 1. The van der Waals surface area contributed by atoms with E-state index in [1.165, 1.54) is 18.2 Å². The summed E-state index contributed by atoms with van der Waals surface area (Å²) in [6.45, 7) is 0. The van der Waals surface area contributed by atoms with Crippen molar-refractivity contribution in [2.45, 2.75) is 36.2 Å². The van der Waals surface area contributed by atoms with E-state index in [1.807, 2.05) is 0 Å². The standard InChI is InChI=1S/C26H18ClF5N4O3/c27-17-3-1-11(28)7-14(17)21-20-15(22(37)35-21)9-13(33)10-18(20)34-23(38)36-19-4-2-12(29)8-16(19)25(39,26(30,31)32)24(36)5-6-24/h1-4,7-10,21,39H,5-6,33H2,(H,34,38)(H,35,37). The van der Waals surface area contributed by atoms with Crippen LogP contribution in [0, 0.1) is 11.6 Å². The average Bonchev–Trinajstić information content (AvgIpc) is 3.53. The first-order chi connectivity index (χ1) is 18.3. The van der Waals surface area contributed by atoms with Crippen LogP contribution in [0.4, 0.5) is 43.8 Å². The summed E-state index contributed by atoms with van der Waals surface area (Å²) in [5, 5.41) is 16.3. The summed E-state index contributed by atoms with van der Waals surface area (Å²) in [6.07, 6.45) is -5.64. The predicted molar refractivity (Wildman–Crippen MR) is 131 cm³/mol. The third kappa shape index (κ3) is 3.44. The van der Waals surface area contributed by atoms with Crippen molar-refractivity contribution in [1.82, 2.24) is 5.32 Å². The number of benzene rings is 3. The Balaban J connectivity index is 1.46. The molecule has 1 saturated carbocycles. The van der Waals surface area contributed by atoms with Crippen LogP contribution in [0.1, 0.15) is 45.9 Å². The van der Waals surface area contributed by atoms with Gasteiger partial charge in [-0.2, -0.15) is 13.2 Å². The fourth-order valence-corrected chi connectivity index (χ4v) is 5.99. The topological polar surface area (TPSA) is 108 Å². The van der Waals surface area contributed by atoms with Gasteiger partial charge in [-0.1, -0.05) is 11.6 Å². The van der Waals surface area contributed by atoms with Crippen molar-refractivity contribution in [1.29, 1.82) is 0 Å². The highest BCUT2D eigenvalue weighted by Gasteiger charge is 2.79. The minimum absolute atomic E-state index is 0.0411. The van der Waals surface area contributed by atoms with E-state index in [0.717, 1.165) is 29.2 Å². The lowest BCUT2D eigenvalue weighted by molar-refractivity contribution is -0.274. The van der Waals surface area contributed by atoms with Gasteiger partial charge in [-0.3, -0.25) is 9.69 Å². The Hall–Kier alpha value is -3.90. The number of nitrogens with one attached hydrogen (secondary N) is 2. The van der Waals surface area contributed by atoms with Gasteiger partial charge in [-0.25, -0.2) is 13.6 Å². The number of nitrogens with zero attached hydrogens (tertiary/aromatic N) is 1. The quantitative estimate of drug-likeness (QED) is 0.248. The Kier molecular flexibility index (Phi) is 5.24. The van der Waals surface area contributed by atoms with Crippen molar-refractivity contribution in [3.05, 3.63) is 87.4 Å². The Bertz CT molecular complexity index is 1590. The van der Waals surface area contributed by atoms with Gasteiger partial charge in [-0.05, 0) is 61.4 Å². The van der Waals surface area contributed by atoms with Gasteiger partial charge in [0.15, 0.2) is 0 Å². The molecule has 6 rings (SSSR count). The number of nitrogen functional groups attached to an aromatic ring is 1. The number of amides is 3. The molecular formula is C26H18ClF5N4O3. The zero-order valence-corrected chi connectivity index (χ0v) is 20.4. The van der Waals surface area contributed by atoms with Gasteiger partial charge in [0, 0.05) is 33.0 Å². The van der Waals surface area contributed by atoms with Crippen LogP contribution in [-0.2, 0) is 5.60 Å². The number of nitrogens with two attached hydrogens (primary N) is 1. The molecule has 7 nitrogen and oxygen atoms in total. The van der Waals surface area contributed by atoms with E-state index in [1.54, 1.807) is 0 Å². The summed E-state index contributed by atoms with van der Waals surface area (Å²) >= 11 is 6.27. The maximum Gasteiger partial charge on any atom is 0.423 e. The monoisotopic (exact) mass is 564 g/mol. The molecule has 2 unspecified atom stereocenters. The molecule has 3 amide bonds. The van der Waals surface area contributed by atoms with Crippen molar-refractivity contribution in [2.24, 2.45) is 0 Å². The fourth-order valence-electron chi connectivity index (χ4n) is 5.76. The summed E-state index contributed by atoms with van der Waals surface area (Å²) in [5.74, 6) is -2.24. The molecule has 0 saturated heterocycles. The first kappa shape index (κ1) is 25.4. The van der Waals surface area contributed by atoms with Gasteiger partial charge < -0.3 is 21.5 Å². The molecule has 202 valence electrons. The molecule has 2 heterocycles. The second-order valence-electron chi connectivity index (χ2n) is 9.77. The number of halogens is 6. The highest BCUT2D eigenvalue weighted by atomic mass is 35.5. The molecule has 1 spiro atoms. The second kappa shape index (κ2) is 8.06. The van der Waals surface area contributed by atoms with Crippen LogP contribution in [0.25, 0.3) is 0 Å². The van der Waals surface area contributed by atoms with E-state index in [2.05, 4.69) is 10.6 Å². The number of aliphatic hydroxyl groups is 1. The van der Waals surface area contributed by atoms with Gasteiger partial charge in [-0.15, -0.1) is 0 Å². The van der Waals surface area contributed by atoms with E-state index >= 15 is 0 Å². The molecule has 1 aliphatic carbocycles. The highest BCUT2D eigenvalue weighted by molar-refractivity contribution is 6.31. The smallest absolute Gasteiger partial charge is 0.399 e. The first-order valence-electron chi connectivity index (χ1n) is 11.7. The maximum absolute atomic E-state index is 14.3. The van der Waals surface area contributed by atoms with Crippen LogP contribution in [0.2, 0.25) is 5.02 Å². The Morgan fingerprint density at radius 2 is 1.77 bits per heavy atom. The van der Waals surface area contributed by atoms with Crippen LogP contribution in [0.3, 0.4) is 0 Å². The first-order valence-corrected chi connectivity index (χ1v) is 12.1. The van der Waals surface area contributed by atoms with E-state index in [-0.39, 0.29) is 51.6 Å². The molecule has 0 bridgehead atoms. The number of carbonyl (C=O) groups is 2. The number of anilines is 3. The number of rotatable bonds is 2. The number of hydrogen-bond acceptors (Lipinski definition) is 4. The lowest BCUT2D eigenvalue weighted by Crippen LogP contribution is -2.58. The third-order valence-corrected chi connectivity index (χ3v) is 7.89. The Morgan fingerprint density at radius 3 is 2.44 bits per heavy atom. The number of hydrogen-bond donors (Lipinski definition) is 4. The summed E-state index contributed by atoms with van der Waals surface area (Å²) in [7, 11) is 0. The van der Waals surface area contributed by atoms with Gasteiger partial charge in [0.05, 0.1) is 23.0 Å². The van der Waals surface area contributed by atoms with Crippen LogP contribution >= 0.6 is 11.6 Å². The van der Waals surface area contributed by atoms with Gasteiger partial charge >= 0.3 is 12.2 Å². The van der Waals surface area contributed by atoms with Gasteiger partial charge in [0.25, 0.3) is 5.91 Å². The molecule has 0 radical (unpaired) electrons. The second-order valence-corrected chi connectivity index (χ2v) is 10.2. The lowest BCUT2D eigenvalue weighted by atomic mass is 9.86. The minimum atomic E-state index is -5.23.